The number of phosphoric acid groups is 1. The molecular weight excluding hydrogens is 904 g/mol. The molecule has 3 unspecified atom stereocenters. The second-order valence-electron chi connectivity index (χ2n) is 22.2. The molecule has 3 atom stereocenters. The first-order valence-corrected chi connectivity index (χ1v) is 32.2. The first-order valence-electron chi connectivity index (χ1n) is 30.7. The number of hydrogen-bond acceptors (Lipinski definition) is 6. The fraction of sp³-hybridized carbons (Fsp3) is 0.902. The van der Waals surface area contributed by atoms with Crippen molar-refractivity contribution in [2.24, 2.45) is 0 Å². The van der Waals surface area contributed by atoms with Crippen molar-refractivity contribution in [3.05, 3.63) is 24.3 Å². The van der Waals surface area contributed by atoms with E-state index in [4.69, 9.17) is 13.8 Å². The van der Waals surface area contributed by atoms with Gasteiger partial charge < -0.3 is 19.4 Å². The molecule has 10 heteroatoms. The van der Waals surface area contributed by atoms with Gasteiger partial charge in [0.1, 0.15) is 19.3 Å². The molecule has 0 spiro atoms. The Kier molecular flexibility index (Phi) is 50.8. The number of ether oxygens (including phenoxy) is 1. The Bertz CT molecular complexity index is 1270. The highest BCUT2D eigenvalue weighted by Gasteiger charge is 2.30. The van der Waals surface area contributed by atoms with Crippen LogP contribution in [-0.4, -0.2) is 74.3 Å². The van der Waals surface area contributed by atoms with E-state index in [1.54, 1.807) is 0 Å². The number of likely N-dealkylation sites (N-methyl/N-ethyl adjacent to an activating group) is 1. The third kappa shape index (κ3) is 53.1. The molecule has 0 aromatic carbocycles. The van der Waals surface area contributed by atoms with Crippen molar-refractivity contribution in [1.82, 2.24) is 5.32 Å². The maximum absolute atomic E-state index is 13.5. The van der Waals surface area contributed by atoms with Gasteiger partial charge in [0, 0.05) is 12.8 Å². The van der Waals surface area contributed by atoms with Crippen LogP contribution in [0.4, 0.5) is 0 Å². The summed E-state index contributed by atoms with van der Waals surface area (Å²) >= 11 is 0. The summed E-state index contributed by atoms with van der Waals surface area (Å²) in [5.41, 5.74) is 0. The quantitative estimate of drug-likeness (QED) is 0.0205. The topological polar surface area (TPSA) is 111 Å². The largest absolute Gasteiger partial charge is 0.472 e. The SMILES string of the molecule is CCCCCCCC/C=C/CCCCCCCCCCCCCCCC(=O)OC(/C=C\CCCCCCCCCCC)C(COP(=O)(O)OCC[N+](C)(C)C)NC(=O)CCCCCCCCCCCCC. The lowest BCUT2D eigenvalue weighted by molar-refractivity contribution is -0.870. The molecule has 0 saturated heterocycles. The molecule has 71 heavy (non-hydrogen) atoms. The molecule has 0 heterocycles. The third-order valence-corrected chi connectivity index (χ3v) is 14.9. The summed E-state index contributed by atoms with van der Waals surface area (Å²) in [5.74, 6) is -0.493. The molecule has 420 valence electrons. The van der Waals surface area contributed by atoms with Gasteiger partial charge in [0.05, 0.1) is 33.8 Å². The molecule has 0 aliphatic rings. The second kappa shape index (κ2) is 52.0. The minimum atomic E-state index is -4.44. The van der Waals surface area contributed by atoms with Crippen LogP contribution in [0.5, 0.6) is 0 Å². The van der Waals surface area contributed by atoms with Crippen molar-refractivity contribution in [1.29, 1.82) is 0 Å². The van der Waals surface area contributed by atoms with Crippen molar-refractivity contribution in [2.75, 3.05) is 40.9 Å². The van der Waals surface area contributed by atoms with Crippen molar-refractivity contribution < 1.29 is 37.3 Å². The molecule has 0 saturated carbocycles. The molecule has 0 fully saturated rings. The normalized spacial score (nSPS) is 13.8. The molecule has 0 aromatic rings. The third-order valence-electron chi connectivity index (χ3n) is 13.9. The minimum Gasteiger partial charge on any atom is -0.456 e. The van der Waals surface area contributed by atoms with E-state index in [1.165, 1.54) is 212 Å². The Morgan fingerprint density at radius 2 is 0.817 bits per heavy atom. The molecule has 0 aromatic heterocycles. The van der Waals surface area contributed by atoms with Gasteiger partial charge >= 0.3 is 13.8 Å². The van der Waals surface area contributed by atoms with Gasteiger partial charge in [0.2, 0.25) is 5.91 Å². The molecular formula is C61H120N2O7P+. The van der Waals surface area contributed by atoms with Gasteiger partial charge in [-0.1, -0.05) is 257 Å². The Labute approximate surface area is 441 Å². The van der Waals surface area contributed by atoms with E-state index in [-0.39, 0.29) is 25.1 Å². The molecule has 9 nitrogen and oxygen atoms in total. The average molecular weight is 1020 g/mol. The van der Waals surface area contributed by atoms with Crippen molar-refractivity contribution in [3.8, 4) is 0 Å². The Hall–Kier alpha value is -1.51. The summed E-state index contributed by atoms with van der Waals surface area (Å²) in [5, 5.41) is 3.05. The van der Waals surface area contributed by atoms with Crippen LogP contribution in [0.15, 0.2) is 24.3 Å². The number of unbranched alkanes of at least 4 members (excludes halogenated alkanes) is 38. The zero-order chi connectivity index (χ0) is 52.2. The first-order chi connectivity index (χ1) is 34.4. The molecule has 2 N–H and O–H groups in total. The van der Waals surface area contributed by atoms with E-state index >= 15 is 0 Å². The second-order valence-corrected chi connectivity index (χ2v) is 23.7. The van der Waals surface area contributed by atoms with Crippen LogP contribution in [0.3, 0.4) is 0 Å². The predicted octanol–water partition coefficient (Wildman–Crippen LogP) is 18.6. The molecule has 0 aliphatic heterocycles. The van der Waals surface area contributed by atoms with E-state index in [0.29, 0.717) is 23.9 Å². The van der Waals surface area contributed by atoms with Crippen molar-refractivity contribution in [3.63, 3.8) is 0 Å². The van der Waals surface area contributed by atoms with Crippen LogP contribution in [0.2, 0.25) is 0 Å². The average Bonchev–Trinajstić information content (AvgIpc) is 3.33. The summed E-state index contributed by atoms with van der Waals surface area (Å²) in [7, 11) is 1.51. The standard InChI is InChI=1S/C61H119N2O7P/c1-7-10-13-16-19-22-25-26-27-28-29-30-31-32-33-34-35-36-39-42-45-48-51-54-61(65)70-59(52-49-46-43-40-37-23-20-17-14-11-8-2)58(57-69-71(66,67)68-56-55-63(4,5)6)62-60(64)53-50-47-44-41-38-24-21-18-15-12-9-3/h26-27,49,52,58-59H,7-25,28-48,50-51,53-57H2,1-6H3,(H-,62,64,66,67)/p+1/b27-26+,52-49-. The van der Waals surface area contributed by atoms with Crippen molar-refractivity contribution in [2.45, 2.75) is 315 Å². The number of phosphoric ester groups is 1. The highest BCUT2D eigenvalue weighted by molar-refractivity contribution is 7.47. The van der Waals surface area contributed by atoms with Crippen LogP contribution in [0.25, 0.3) is 0 Å². The lowest BCUT2D eigenvalue weighted by Crippen LogP contribution is -2.47. The van der Waals surface area contributed by atoms with Crippen LogP contribution in [0, 0.1) is 0 Å². The van der Waals surface area contributed by atoms with Gasteiger partial charge in [-0.3, -0.25) is 18.6 Å². The number of nitrogens with one attached hydrogen (secondary N) is 1. The summed E-state index contributed by atoms with van der Waals surface area (Å²) in [6.07, 6.45) is 60.4. The number of rotatable bonds is 56. The Morgan fingerprint density at radius 3 is 1.20 bits per heavy atom. The minimum absolute atomic E-state index is 0.0439. The lowest BCUT2D eigenvalue weighted by atomic mass is 10.0. The van der Waals surface area contributed by atoms with Gasteiger partial charge in [-0.05, 0) is 57.4 Å². The number of nitrogens with zero attached hydrogens (tertiary/aromatic N) is 1. The zero-order valence-electron chi connectivity index (χ0n) is 48.0. The van der Waals surface area contributed by atoms with E-state index in [2.05, 4.69) is 38.2 Å². The highest BCUT2D eigenvalue weighted by Crippen LogP contribution is 2.43. The molecule has 0 rings (SSSR count). The van der Waals surface area contributed by atoms with E-state index in [0.717, 1.165) is 57.8 Å². The smallest absolute Gasteiger partial charge is 0.456 e. The van der Waals surface area contributed by atoms with Gasteiger partial charge in [0.25, 0.3) is 0 Å². The summed E-state index contributed by atoms with van der Waals surface area (Å²) in [4.78, 5) is 37.6. The number of carbonyl (C=O) groups excluding carboxylic acids is 2. The summed E-state index contributed by atoms with van der Waals surface area (Å²) in [6.45, 7) is 7.03. The number of amides is 1. The number of carbonyl (C=O) groups is 2. The number of esters is 1. The van der Waals surface area contributed by atoms with Crippen LogP contribution < -0.4 is 5.32 Å². The van der Waals surface area contributed by atoms with Gasteiger partial charge in [-0.25, -0.2) is 4.57 Å². The fourth-order valence-electron chi connectivity index (χ4n) is 9.11. The van der Waals surface area contributed by atoms with Gasteiger partial charge in [-0.15, -0.1) is 0 Å². The number of quaternary nitrogens is 1. The Balaban J connectivity index is 5.06. The van der Waals surface area contributed by atoms with Crippen LogP contribution in [0.1, 0.15) is 303 Å². The maximum Gasteiger partial charge on any atom is 0.472 e. The van der Waals surface area contributed by atoms with Crippen molar-refractivity contribution >= 4 is 19.7 Å². The predicted molar refractivity (Wildman–Crippen MR) is 305 cm³/mol. The number of allylic oxidation sites excluding steroid dienone is 3. The summed E-state index contributed by atoms with van der Waals surface area (Å²) in [6, 6.07) is -0.840. The van der Waals surface area contributed by atoms with Crippen LogP contribution in [-0.2, 0) is 27.9 Å². The Morgan fingerprint density at radius 1 is 0.479 bits per heavy atom. The molecule has 0 bridgehead atoms. The van der Waals surface area contributed by atoms with E-state index in [1.807, 2.05) is 33.3 Å². The van der Waals surface area contributed by atoms with Gasteiger partial charge in [-0.2, -0.15) is 0 Å². The first kappa shape index (κ1) is 69.5. The van der Waals surface area contributed by atoms with E-state index in [9.17, 15) is 19.0 Å². The summed E-state index contributed by atoms with van der Waals surface area (Å²) < 4.78 is 30.6. The fourth-order valence-corrected chi connectivity index (χ4v) is 9.85. The maximum atomic E-state index is 13.5. The molecule has 1 amide bonds. The highest BCUT2D eigenvalue weighted by atomic mass is 31.2. The lowest BCUT2D eigenvalue weighted by Gasteiger charge is -2.27. The number of hydrogen-bond donors (Lipinski definition) is 2. The molecule has 0 aliphatic carbocycles. The van der Waals surface area contributed by atoms with Gasteiger partial charge in [0.15, 0.2) is 0 Å². The van der Waals surface area contributed by atoms with E-state index < -0.39 is 20.0 Å². The molecule has 0 radical (unpaired) electrons. The monoisotopic (exact) mass is 1020 g/mol. The van der Waals surface area contributed by atoms with Crippen LogP contribution >= 0.6 is 7.82 Å². The zero-order valence-corrected chi connectivity index (χ0v) is 48.9.